The third kappa shape index (κ3) is 11.8. The van der Waals surface area contributed by atoms with Gasteiger partial charge in [-0.1, -0.05) is 42.5 Å². The molecule has 1 fully saturated rings. The van der Waals surface area contributed by atoms with Gasteiger partial charge < -0.3 is 32.3 Å². The lowest BCUT2D eigenvalue weighted by molar-refractivity contribution is -0.121. The van der Waals surface area contributed by atoms with Crippen LogP contribution in [0.4, 0.5) is 28.4 Å². The predicted octanol–water partition coefficient (Wildman–Crippen LogP) is 6.30. The van der Waals surface area contributed by atoms with Crippen molar-refractivity contribution in [3.05, 3.63) is 92.1 Å². The average molecular weight is 731 g/mol. The standard InChI is InChI=1S/C35H38N8O6S2/c36-30-26(16-17-27(42-48)31(30)43-49)40-25-14-12-24(13-15-25)33(46)38-19-4-1-3-7-29(44)37-18-5-2-6-20-39-32(45)23-10-8-22(9-11-23)21-28-34(47)41-35(50)51-28/h8-17,21,40H,1-7,18-20,36H2,(H,37,44)(H,38,46)(H,39,45)(H,41,47,50)/b28-21-. The van der Waals surface area contributed by atoms with Crippen molar-refractivity contribution in [2.45, 2.75) is 44.9 Å². The molecule has 3 aromatic carbocycles. The molecular formula is C35H38N8O6S2. The molecule has 266 valence electrons. The Morgan fingerprint density at radius 3 is 1.92 bits per heavy atom. The minimum absolute atomic E-state index is 0.00431. The van der Waals surface area contributed by atoms with E-state index in [0.717, 1.165) is 37.7 Å². The number of nitrogens with two attached hydrogens (primary N) is 1. The number of rotatable bonds is 19. The molecule has 1 aliphatic rings. The van der Waals surface area contributed by atoms with Gasteiger partial charge >= 0.3 is 0 Å². The van der Waals surface area contributed by atoms with Crippen LogP contribution in [0.1, 0.15) is 71.2 Å². The highest BCUT2D eigenvalue weighted by Gasteiger charge is 2.22. The topological polar surface area (TPSA) is 213 Å². The minimum atomic E-state index is -0.238. The predicted molar refractivity (Wildman–Crippen MR) is 204 cm³/mol. The van der Waals surface area contributed by atoms with E-state index in [2.05, 4.69) is 36.9 Å². The maximum atomic E-state index is 12.5. The Morgan fingerprint density at radius 1 is 0.765 bits per heavy atom. The van der Waals surface area contributed by atoms with E-state index < -0.39 is 0 Å². The molecule has 0 saturated carbocycles. The average Bonchev–Trinajstić information content (AvgIpc) is 3.45. The van der Waals surface area contributed by atoms with Gasteiger partial charge in [-0.15, -0.1) is 9.81 Å². The molecule has 14 nitrogen and oxygen atoms in total. The van der Waals surface area contributed by atoms with Crippen LogP contribution in [0.2, 0.25) is 0 Å². The summed E-state index contributed by atoms with van der Waals surface area (Å²) in [7, 11) is 0. The monoisotopic (exact) mass is 730 g/mol. The van der Waals surface area contributed by atoms with Crippen LogP contribution in [-0.4, -0.2) is 47.6 Å². The van der Waals surface area contributed by atoms with Crippen LogP contribution in [0, 0.1) is 9.81 Å². The molecule has 0 spiro atoms. The number of nitroso groups, excluding NO2 is 2. The Morgan fingerprint density at radius 2 is 1.35 bits per heavy atom. The molecule has 0 aliphatic carbocycles. The number of unbranched alkanes of at least 4 members (excludes halogenated alkanes) is 4. The van der Waals surface area contributed by atoms with E-state index in [9.17, 15) is 29.0 Å². The van der Waals surface area contributed by atoms with Crippen LogP contribution < -0.4 is 32.3 Å². The molecule has 0 atom stereocenters. The first-order valence-electron chi connectivity index (χ1n) is 16.3. The molecule has 16 heteroatoms. The molecule has 4 amide bonds. The maximum absolute atomic E-state index is 12.5. The van der Waals surface area contributed by atoms with Gasteiger partial charge in [-0.2, -0.15) is 0 Å². The Labute approximate surface area is 304 Å². The largest absolute Gasteiger partial charge is 0.395 e. The summed E-state index contributed by atoms with van der Waals surface area (Å²) in [6, 6.07) is 16.5. The summed E-state index contributed by atoms with van der Waals surface area (Å²) in [5, 5.41) is 19.8. The first-order valence-corrected chi connectivity index (χ1v) is 17.5. The second-order valence-electron chi connectivity index (χ2n) is 11.5. The molecule has 7 N–H and O–H groups in total. The lowest BCUT2D eigenvalue weighted by atomic mass is 10.1. The van der Waals surface area contributed by atoms with Gasteiger partial charge in [0.2, 0.25) is 5.91 Å². The van der Waals surface area contributed by atoms with Gasteiger partial charge in [0.15, 0.2) is 5.69 Å². The number of hydrogen-bond acceptors (Lipinski definition) is 12. The molecule has 0 unspecified atom stereocenters. The first kappa shape index (κ1) is 38.3. The van der Waals surface area contributed by atoms with E-state index >= 15 is 0 Å². The number of hydrogen-bond donors (Lipinski definition) is 6. The zero-order valence-electron chi connectivity index (χ0n) is 27.7. The zero-order chi connectivity index (χ0) is 36.6. The van der Waals surface area contributed by atoms with Crippen LogP contribution in [-0.2, 0) is 9.59 Å². The number of thiocarbonyl (C=S) groups is 1. The van der Waals surface area contributed by atoms with Crippen LogP contribution in [0.5, 0.6) is 0 Å². The SMILES string of the molecule is Nc1c(Nc2ccc(C(=O)NCCCCCC(=O)NCCCCCNC(=O)c3ccc(/C=C4\SC(=S)NC4=O)cc3)cc2)ccc(N=O)c1N=O. The van der Waals surface area contributed by atoms with Gasteiger partial charge in [0, 0.05) is 42.9 Å². The van der Waals surface area contributed by atoms with E-state index in [0.29, 0.717) is 64.2 Å². The molecular weight excluding hydrogens is 693 g/mol. The third-order valence-corrected chi connectivity index (χ3v) is 8.91. The van der Waals surface area contributed by atoms with Gasteiger partial charge in [-0.05, 0) is 103 Å². The fraction of sp³-hybridized carbons (Fsp3) is 0.286. The van der Waals surface area contributed by atoms with Crippen molar-refractivity contribution in [1.29, 1.82) is 0 Å². The number of nitrogens with zero attached hydrogens (tertiary/aromatic N) is 2. The molecule has 4 rings (SSSR count). The maximum Gasteiger partial charge on any atom is 0.263 e. The molecule has 1 aliphatic heterocycles. The third-order valence-electron chi connectivity index (χ3n) is 7.75. The van der Waals surface area contributed by atoms with Gasteiger partial charge in [-0.25, -0.2) is 0 Å². The van der Waals surface area contributed by atoms with E-state index in [4.69, 9.17) is 18.0 Å². The summed E-state index contributed by atoms with van der Waals surface area (Å²) < 4.78 is 0.429. The number of carbonyl (C=O) groups excluding carboxylic acids is 4. The quantitative estimate of drug-likeness (QED) is 0.0266. The normalized spacial score (nSPS) is 13.0. The summed E-state index contributed by atoms with van der Waals surface area (Å²) in [4.78, 5) is 71.3. The highest BCUT2D eigenvalue weighted by Crippen LogP contribution is 2.39. The van der Waals surface area contributed by atoms with Crippen molar-refractivity contribution < 1.29 is 19.2 Å². The Balaban J connectivity index is 1.00. The van der Waals surface area contributed by atoms with Crippen molar-refractivity contribution in [3.63, 3.8) is 0 Å². The smallest absolute Gasteiger partial charge is 0.263 e. The molecule has 1 saturated heterocycles. The number of thioether (sulfide) groups is 1. The van der Waals surface area contributed by atoms with Gasteiger partial charge in [-0.3, -0.25) is 19.2 Å². The summed E-state index contributed by atoms with van der Waals surface area (Å²) in [6.07, 6.45) is 6.83. The first-order chi connectivity index (χ1) is 24.7. The summed E-state index contributed by atoms with van der Waals surface area (Å²) in [5.41, 5.74) is 8.33. The number of carbonyl (C=O) groups is 4. The Hall–Kier alpha value is -5.48. The molecule has 0 radical (unpaired) electrons. The van der Waals surface area contributed by atoms with Crippen molar-refractivity contribution in [1.82, 2.24) is 21.3 Å². The molecule has 0 aromatic heterocycles. The van der Waals surface area contributed by atoms with E-state index in [-0.39, 0.29) is 40.7 Å². The fourth-order valence-electron chi connectivity index (χ4n) is 4.98. The highest BCUT2D eigenvalue weighted by molar-refractivity contribution is 8.26. The van der Waals surface area contributed by atoms with Gasteiger partial charge in [0.1, 0.15) is 10.0 Å². The van der Waals surface area contributed by atoms with Crippen molar-refractivity contribution in [3.8, 4) is 0 Å². The van der Waals surface area contributed by atoms with Crippen molar-refractivity contribution >= 4 is 86.4 Å². The van der Waals surface area contributed by atoms with E-state index in [1.54, 1.807) is 54.6 Å². The van der Waals surface area contributed by atoms with E-state index in [1.165, 1.54) is 23.9 Å². The lowest BCUT2D eigenvalue weighted by Gasteiger charge is -2.11. The van der Waals surface area contributed by atoms with Crippen LogP contribution >= 0.6 is 24.0 Å². The lowest BCUT2D eigenvalue weighted by Crippen LogP contribution is -2.26. The van der Waals surface area contributed by atoms with Gasteiger partial charge in [0.25, 0.3) is 17.7 Å². The summed E-state index contributed by atoms with van der Waals surface area (Å²) >= 11 is 6.20. The number of nitrogens with one attached hydrogen (secondary N) is 5. The molecule has 1 heterocycles. The Bertz CT molecular complexity index is 1800. The van der Waals surface area contributed by atoms with Crippen LogP contribution in [0.15, 0.2) is 75.9 Å². The van der Waals surface area contributed by atoms with Crippen LogP contribution in [0.3, 0.4) is 0 Å². The second kappa shape index (κ2) is 19.6. The number of amides is 4. The molecule has 3 aromatic rings. The van der Waals surface area contributed by atoms with E-state index in [1.807, 2.05) is 0 Å². The number of nitrogen functional groups attached to an aromatic ring is 1. The Kier molecular flexibility index (Phi) is 14.8. The highest BCUT2D eigenvalue weighted by atomic mass is 32.2. The summed E-state index contributed by atoms with van der Waals surface area (Å²) in [6.45, 7) is 1.58. The molecule has 0 bridgehead atoms. The van der Waals surface area contributed by atoms with Gasteiger partial charge in [0.05, 0.1) is 16.3 Å². The number of benzene rings is 3. The fourth-order valence-corrected chi connectivity index (χ4v) is 6.02. The zero-order valence-corrected chi connectivity index (χ0v) is 29.3. The van der Waals surface area contributed by atoms with Crippen LogP contribution in [0.25, 0.3) is 6.08 Å². The minimum Gasteiger partial charge on any atom is -0.395 e. The second-order valence-corrected chi connectivity index (χ2v) is 13.2. The number of anilines is 3. The molecule has 51 heavy (non-hydrogen) atoms. The van der Waals surface area contributed by atoms with Crippen molar-refractivity contribution in [2.75, 3.05) is 30.7 Å². The summed E-state index contributed by atoms with van der Waals surface area (Å²) in [5.74, 6) is -0.620. The van der Waals surface area contributed by atoms with Crippen molar-refractivity contribution in [2.24, 2.45) is 10.4 Å².